The maximum Gasteiger partial charge on any atom is 0.116 e. The van der Waals surface area contributed by atoms with E-state index >= 15 is 0 Å². The zero-order valence-corrected chi connectivity index (χ0v) is 10.6. The van der Waals surface area contributed by atoms with Gasteiger partial charge in [-0.05, 0) is 33.5 Å². The summed E-state index contributed by atoms with van der Waals surface area (Å²) in [6.07, 6.45) is 3.74. The zero-order chi connectivity index (χ0) is 11.7. The molecule has 1 unspecified atom stereocenters. The largest absolute Gasteiger partial charge is 0.303 e. The summed E-state index contributed by atoms with van der Waals surface area (Å²) in [7, 11) is 2.09. The van der Waals surface area contributed by atoms with Crippen molar-refractivity contribution in [2.45, 2.75) is 45.6 Å². The fraction of sp³-hybridized carbons (Fsp3) is 0.917. The molecule has 0 aliphatic rings. The van der Waals surface area contributed by atoms with Crippen molar-refractivity contribution < 1.29 is 0 Å². The molecule has 1 atom stereocenters. The van der Waals surface area contributed by atoms with Crippen molar-refractivity contribution in [2.24, 2.45) is 0 Å². The molecule has 0 amide bonds. The molecular weight excluding hydrogens is 186 g/mol. The quantitative estimate of drug-likeness (QED) is 0.624. The fourth-order valence-corrected chi connectivity index (χ4v) is 1.77. The van der Waals surface area contributed by atoms with Crippen LogP contribution in [0.1, 0.15) is 40.0 Å². The molecule has 0 saturated carbocycles. The van der Waals surface area contributed by atoms with Crippen LogP contribution in [0.3, 0.4) is 0 Å². The van der Waals surface area contributed by atoms with Gasteiger partial charge in [0.25, 0.3) is 0 Å². The summed E-state index contributed by atoms with van der Waals surface area (Å²) < 4.78 is 0. The van der Waals surface area contributed by atoms with Crippen LogP contribution >= 0.6 is 0 Å². The molecule has 3 nitrogen and oxygen atoms in total. The number of rotatable bonds is 8. The maximum absolute atomic E-state index is 9.10. The SMILES string of the molecule is CCCCCN(C)CC(C)(C#N)NCC. The van der Waals surface area contributed by atoms with Gasteiger partial charge in [0.15, 0.2) is 0 Å². The number of hydrogen-bond donors (Lipinski definition) is 1. The lowest BCUT2D eigenvalue weighted by molar-refractivity contribution is 0.258. The van der Waals surface area contributed by atoms with Gasteiger partial charge < -0.3 is 4.90 Å². The van der Waals surface area contributed by atoms with Gasteiger partial charge in [-0.25, -0.2) is 0 Å². The number of hydrogen-bond acceptors (Lipinski definition) is 3. The van der Waals surface area contributed by atoms with Crippen LogP contribution < -0.4 is 5.32 Å². The van der Waals surface area contributed by atoms with E-state index in [4.69, 9.17) is 5.26 Å². The summed E-state index contributed by atoms with van der Waals surface area (Å²) in [5.41, 5.74) is -0.407. The van der Waals surface area contributed by atoms with Gasteiger partial charge in [-0.3, -0.25) is 5.32 Å². The molecule has 0 rings (SSSR count). The van der Waals surface area contributed by atoms with Crippen molar-refractivity contribution in [1.82, 2.24) is 10.2 Å². The van der Waals surface area contributed by atoms with Gasteiger partial charge in [0, 0.05) is 6.54 Å². The molecule has 88 valence electrons. The highest BCUT2D eigenvalue weighted by Crippen LogP contribution is 2.05. The van der Waals surface area contributed by atoms with Crippen LogP contribution in [0.4, 0.5) is 0 Å². The van der Waals surface area contributed by atoms with Gasteiger partial charge >= 0.3 is 0 Å². The zero-order valence-electron chi connectivity index (χ0n) is 10.6. The number of likely N-dealkylation sites (N-methyl/N-ethyl adjacent to an activating group) is 2. The average molecular weight is 211 g/mol. The first kappa shape index (κ1) is 14.4. The topological polar surface area (TPSA) is 39.1 Å². The molecule has 0 spiro atoms. The van der Waals surface area contributed by atoms with Gasteiger partial charge in [0.05, 0.1) is 6.07 Å². The molecule has 0 aromatic heterocycles. The minimum absolute atomic E-state index is 0.407. The van der Waals surface area contributed by atoms with Gasteiger partial charge in [0.1, 0.15) is 5.54 Å². The Morgan fingerprint density at radius 2 is 2.00 bits per heavy atom. The second kappa shape index (κ2) is 7.67. The van der Waals surface area contributed by atoms with Crippen LogP contribution in [-0.2, 0) is 0 Å². The first-order valence-electron chi connectivity index (χ1n) is 5.92. The van der Waals surface area contributed by atoms with Crippen LogP contribution in [0.25, 0.3) is 0 Å². The Labute approximate surface area is 94.5 Å². The Morgan fingerprint density at radius 1 is 1.33 bits per heavy atom. The van der Waals surface area contributed by atoms with Gasteiger partial charge in [-0.2, -0.15) is 5.26 Å². The van der Waals surface area contributed by atoms with Crippen LogP contribution in [-0.4, -0.2) is 37.1 Å². The highest BCUT2D eigenvalue weighted by atomic mass is 15.1. The van der Waals surface area contributed by atoms with Crippen LogP contribution in [0.15, 0.2) is 0 Å². The summed E-state index contributed by atoms with van der Waals surface area (Å²) in [6.45, 7) is 8.92. The van der Waals surface area contributed by atoms with E-state index in [0.29, 0.717) is 0 Å². The Bertz CT molecular complexity index is 198. The predicted molar refractivity (Wildman–Crippen MR) is 64.7 cm³/mol. The summed E-state index contributed by atoms with van der Waals surface area (Å²) in [5.74, 6) is 0. The molecule has 0 aromatic carbocycles. The molecule has 15 heavy (non-hydrogen) atoms. The Kier molecular flexibility index (Phi) is 7.37. The minimum atomic E-state index is -0.407. The Hall–Kier alpha value is -0.590. The number of unbranched alkanes of at least 4 members (excludes halogenated alkanes) is 2. The lowest BCUT2D eigenvalue weighted by atomic mass is 10.0. The molecule has 1 N–H and O–H groups in total. The van der Waals surface area contributed by atoms with E-state index in [2.05, 4.69) is 30.3 Å². The van der Waals surface area contributed by atoms with E-state index in [1.54, 1.807) is 0 Å². The third-order valence-electron chi connectivity index (χ3n) is 2.54. The molecule has 0 heterocycles. The van der Waals surface area contributed by atoms with Gasteiger partial charge in [-0.15, -0.1) is 0 Å². The summed E-state index contributed by atoms with van der Waals surface area (Å²) in [6, 6.07) is 2.35. The molecule has 0 aliphatic carbocycles. The lowest BCUT2D eigenvalue weighted by Crippen LogP contribution is -2.49. The molecule has 3 heteroatoms. The Morgan fingerprint density at radius 3 is 2.47 bits per heavy atom. The van der Waals surface area contributed by atoms with E-state index in [1.807, 2.05) is 13.8 Å². The Balaban J connectivity index is 3.91. The lowest BCUT2D eigenvalue weighted by Gasteiger charge is -2.28. The summed E-state index contributed by atoms with van der Waals surface area (Å²) in [4.78, 5) is 2.24. The molecule has 0 aliphatic heterocycles. The second-order valence-corrected chi connectivity index (χ2v) is 4.42. The van der Waals surface area contributed by atoms with E-state index in [0.717, 1.165) is 19.6 Å². The van der Waals surface area contributed by atoms with Crippen LogP contribution in [0.2, 0.25) is 0 Å². The van der Waals surface area contributed by atoms with Crippen molar-refractivity contribution in [3.8, 4) is 6.07 Å². The first-order valence-corrected chi connectivity index (χ1v) is 5.92. The minimum Gasteiger partial charge on any atom is -0.303 e. The standard InChI is InChI=1S/C12H25N3/c1-5-7-8-9-15(4)11-12(3,10-13)14-6-2/h14H,5-9,11H2,1-4H3. The summed E-state index contributed by atoms with van der Waals surface area (Å²) >= 11 is 0. The first-order chi connectivity index (χ1) is 7.08. The van der Waals surface area contributed by atoms with Crippen LogP contribution in [0, 0.1) is 11.3 Å². The number of nitrogens with one attached hydrogen (secondary N) is 1. The van der Waals surface area contributed by atoms with E-state index < -0.39 is 5.54 Å². The predicted octanol–water partition coefficient (Wildman–Crippen LogP) is 2.00. The van der Waals surface area contributed by atoms with Crippen molar-refractivity contribution in [3.63, 3.8) is 0 Å². The number of nitriles is 1. The van der Waals surface area contributed by atoms with Crippen molar-refractivity contribution >= 4 is 0 Å². The average Bonchev–Trinajstić information content (AvgIpc) is 2.18. The highest BCUT2D eigenvalue weighted by molar-refractivity contribution is 5.05. The molecule has 0 radical (unpaired) electrons. The molecule has 0 aromatic rings. The van der Waals surface area contributed by atoms with Crippen molar-refractivity contribution in [1.29, 1.82) is 5.26 Å². The van der Waals surface area contributed by atoms with Gasteiger partial charge in [-0.1, -0.05) is 26.7 Å². The van der Waals surface area contributed by atoms with E-state index in [1.165, 1.54) is 19.3 Å². The fourth-order valence-electron chi connectivity index (χ4n) is 1.77. The summed E-state index contributed by atoms with van der Waals surface area (Å²) in [5, 5.41) is 12.3. The molecule has 0 saturated heterocycles. The third kappa shape index (κ3) is 6.48. The van der Waals surface area contributed by atoms with Gasteiger partial charge in [0.2, 0.25) is 0 Å². The maximum atomic E-state index is 9.10. The highest BCUT2D eigenvalue weighted by Gasteiger charge is 2.23. The van der Waals surface area contributed by atoms with Crippen molar-refractivity contribution in [3.05, 3.63) is 0 Å². The van der Waals surface area contributed by atoms with Crippen LogP contribution in [0.5, 0.6) is 0 Å². The second-order valence-electron chi connectivity index (χ2n) is 4.42. The van der Waals surface area contributed by atoms with Crippen molar-refractivity contribution in [2.75, 3.05) is 26.7 Å². The smallest absolute Gasteiger partial charge is 0.116 e. The molecular formula is C12H25N3. The van der Waals surface area contributed by atoms with E-state index in [-0.39, 0.29) is 0 Å². The number of nitrogens with zero attached hydrogens (tertiary/aromatic N) is 2. The monoisotopic (exact) mass is 211 g/mol. The molecule has 0 bridgehead atoms. The normalized spacial score (nSPS) is 14.9. The molecule has 0 fully saturated rings. The third-order valence-corrected chi connectivity index (χ3v) is 2.54. The van der Waals surface area contributed by atoms with E-state index in [9.17, 15) is 0 Å².